The van der Waals surface area contributed by atoms with Gasteiger partial charge in [-0.25, -0.2) is 4.99 Å². The first kappa shape index (κ1) is 19.4. The molecular formula is C22H26N4O3. The number of hydrogen-bond acceptors (Lipinski definition) is 5. The van der Waals surface area contributed by atoms with Crippen molar-refractivity contribution in [2.75, 3.05) is 19.6 Å². The summed E-state index contributed by atoms with van der Waals surface area (Å²) in [6.45, 7) is 2.27. The smallest absolute Gasteiger partial charge is 0.269 e. The predicted octanol–water partition coefficient (Wildman–Crippen LogP) is 2.97. The third-order valence-electron chi connectivity index (χ3n) is 5.73. The highest BCUT2D eigenvalue weighted by Gasteiger charge is 2.24. The number of piperidine rings is 1. The Hall–Kier alpha value is -2.96. The quantitative estimate of drug-likeness (QED) is 0.721. The number of likely N-dealkylation sites (tertiary alicyclic amines) is 1. The number of unbranched alkanes of at least 4 members (excludes halogenated alkanes) is 1. The van der Waals surface area contributed by atoms with Crippen molar-refractivity contribution in [2.45, 2.75) is 32.1 Å². The first-order chi connectivity index (χ1) is 14.2. The van der Waals surface area contributed by atoms with Gasteiger partial charge in [0.15, 0.2) is 0 Å². The fourth-order valence-electron chi connectivity index (χ4n) is 4.01. The van der Waals surface area contributed by atoms with Crippen LogP contribution in [0.3, 0.4) is 0 Å². The molecule has 0 saturated carbocycles. The van der Waals surface area contributed by atoms with Crippen LogP contribution < -0.4 is 5.32 Å². The molecule has 152 valence electrons. The zero-order chi connectivity index (χ0) is 20.1. The molecule has 3 aliphatic rings. The fraction of sp³-hybridized carbons (Fsp3) is 0.455. The van der Waals surface area contributed by atoms with Gasteiger partial charge < -0.3 is 14.6 Å². The van der Waals surface area contributed by atoms with E-state index in [-0.39, 0.29) is 17.7 Å². The Kier molecular flexibility index (Phi) is 6.03. The molecule has 29 heavy (non-hydrogen) atoms. The van der Waals surface area contributed by atoms with E-state index in [4.69, 9.17) is 4.42 Å². The van der Waals surface area contributed by atoms with E-state index in [2.05, 4.69) is 15.3 Å². The van der Waals surface area contributed by atoms with Crippen molar-refractivity contribution < 1.29 is 14.0 Å². The van der Waals surface area contributed by atoms with E-state index in [1.165, 1.54) is 12.5 Å². The zero-order valence-corrected chi connectivity index (χ0v) is 16.4. The molecule has 4 rings (SSSR count). The number of carbonyl (C=O) groups excluding carboxylic acids is 2. The van der Waals surface area contributed by atoms with E-state index in [9.17, 15) is 9.59 Å². The Morgan fingerprint density at radius 2 is 2.10 bits per heavy atom. The maximum Gasteiger partial charge on any atom is 0.269 e. The SMILES string of the molecule is O=C(NCCCCC1CCN(C(=O)c2ccoc2)CC1)C1=CC2C=NC=CC2=N1. The molecule has 4 heterocycles. The maximum atomic E-state index is 12.3. The van der Waals surface area contributed by atoms with Crippen LogP contribution in [0.1, 0.15) is 42.5 Å². The topological polar surface area (TPSA) is 87.3 Å². The second-order valence-electron chi connectivity index (χ2n) is 7.73. The highest BCUT2D eigenvalue weighted by Crippen LogP contribution is 2.24. The van der Waals surface area contributed by atoms with Gasteiger partial charge in [-0.05, 0) is 43.4 Å². The molecule has 7 heteroatoms. The lowest BCUT2D eigenvalue weighted by Gasteiger charge is -2.31. The number of fused-ring (bicyclic) bond motifs is 1. The van der Waals surface area contributed by atoms with Gasteiger partial charge in [-0.15, -0.1) is 0 Å². The lowest BCUT2D eigenvalue weighted by molar-refractivity contribution is -0.117. The van der Waals surface area contributed by atoms with Crippen LogP contribution in [0.25, 0.3) is 0 Å². The maximum absolute atomic E-state index is 12.3. The Labute approximate surface area is 170 Å². The lowest BCUT2D eigenvalue weighted by atomic mass is 9.91. The summed E-state index contributed by atoms with van der Waals surface area (Å²) in [5.74, 6) is 0.635. The van der Waals surface area contributed by atoms with E-state index in [0.29, 0.717) is 23.7 Å². The summed E-state index contributed by atoms with van der Waals surface area (Å²) in [7, 11) is 0. The number of furan rings is 1. The summed E-state index contributed by atoms with van der Waals surface area (Å²) in [5, 5.41) is 2.96. The molecule has 0 aromatic carbocycles. The summed E-state index contributed by atoms with van der Waals surface area (Å²) < 4.78 is 5.00. The number of rotatable bonds is 7. The standard InChI is InChI=1S/C22H26N4O3/c27-21(20-13-18-14-23-9-4-19(18)25-20)24-8-2-1-3-16-5-10-26(11-6-16)22(28)17-7-12-29-15-17/h4,7,9,12-16,18H,1-3,5-6,8,10-11H2,(H,24,27). The average Bonchev–Trinajstić information content (AvgIpc) is 3.43. The van der Waals surface area contributed by atoms with E-state index < -0.39 is 0 Å². The van der Waals surface area contributed by atoms with Crippen LogP contribution in [-0.4, -0.2) is 48.3 Å². The van der Waals surface area contributed by atoms with Gasteiger partial charge in [0.25, 0.3) is 11.8 Å². The van der Waals surface area contributed by atoms with Crippen molar-refractivity contribution in [1.82, 2.24) is 10.2 Å². The van der Waals surface area contributed by atoms with Crippen molar-refractivity contribution in [3.05, 3.63) is 48.2 Å². The van der Waals surface area contributed by atoms with Gasteiger partial charge in [0.1, 0.15) is 12.0 Å². The molecule has 1 fully saturated rings. The summed E-state index contributed by atoms with van der Waals surface area (Å²) in [6.07, 6.45) is 15.5. The van der Waals surface area contributed by atoms with Crippen molar-refractivity contribution in [2.24, 2.45) is 21.8 Å². The van der Waals surface area contributed by atoms with Gasteiger partial charge in [-0.3, -0.25) is 14.6 Å². The van der Waals surface area contributed by atoms with E-state index in [1.54, 1.807) is 18.5 Å². The van der Waals surface area contributed by atoms with Crippen molar-refractivity contribution in [1.29, 1.82) is 0 Å². The minimum Gasteiger partial charge on any atom is -0.472 e. The summed E-state index contributed by atoms with van der Waals surface area (Å²) in [6, 6.07) is 1.72. The molecule has 3 aliphatic heterocycles. The van der Waals surface area contributed by atoms with Crippen LogP contribution in [-0.2, 0) is 4.79 Å². The van der Waals surface area contributed by atoms with Crippen LogP contribution in [0.15, 0.2) is 57.0 Å². The lowest BCUT2D eigenvalue weighted by Crippen LogP contribution is -2.38. The molecule has 7 nitrogen and oxygen atoms in total. The zero-order valence-electron chi connectivity index (χ0n) is 16.4. The van der Waals surface area contributed by atoms with E-state index >= 15 is 0 Å². The first-order valence-electron chi connectivity index (χ1n) is 10.3. The third kappa shape index (κ3) is 4.72. The van der Waals surface area contributed by atoms with Gasteiger partial charge in [0.05, 0.1) is 23.5 Å². The minimum absolute atomic E-state index is 0.0343. The van der Waals surface area contributed by atoms with Crippen LogP contribution in [0, 0.1) is 11.8 Å². The molecule has 1 N–H and O–H groups in total. The number of allylic oxidation sites excluding steroid dienone is 2. The number of aliphatic imine (C=N–C) groups is 2. The molecule has 1 saturated heterocycles. The second kappa shape index (κ2) is 9.03. The normalized spacial score (nSPS) is 21.0. The minimum atomic E-state index is -0.111. The van der Waals surface area contributed by atoms with Crippen LogP contribution in [0.4, 0.5) is 0 Å². The summed E-state index contributed by atoms with van der Waals surface area (Å²) in [5.41, 5.74) is 1.99. The molecule has 1 atom stereocenters. The Bertz CT molecular complexity index is 859. The van der Waals surface area contributed by atoms with Crippen molar-refractivity contribution in [3.63, 3.8) is 0 Å². The largest absolute Gasteiger partial charge is 0.472 e. The molecule has 1 unspecified atom stereocenters. The van der Waals surface area contributed by atoms with Gasteiger partial charge in [0.2, 0.25) is 0 Å². The molecule has 0 bridgehead atoms. The van der Waals surface area contributed by atoms with Gasteiger partial charge >= 0.3 is 0 Å². The van der Waals surface area contributed by atoms with Crippen molar-refractivity contribution in [3.8, 4) is 0 Å². The summed E-state index contributed by atoms with van der Waals surface area (Å²) in [4.78, 5) is 34.9. The predicted molar refractivity (Wildman–Crippen MR) is 111 cm³/mol. The monoisotopic (exact) mass is 394 g/mol. The third-order valence-corrected chi connectivity index (χ3v) is 5.73. The van der Waals surface area contributed by atoms with E-state index in [1.807, 2.05) is 17.1 Å². The average molecular weight is 394 g/mol. The van der Waals surface area contributed by atoms with Gasteiger partial charge in [-0.1, -0.05) is 12.8 Å². The Morgan fingerprint density at radius 3 is 2.86 bits per heavy atom. The fourth-order valence-corrected chi connectivity index (χ4v) is 4.01. The van der Waals surface area contributed by atoms with Crippen LogP contribution in [0.5, 0.6) is 0 Å². The van der Waals surface area contributed by atoms with Crippen LogP contribution >= 0.6 is 0 Å². The number of carbonyl (C=O) groups is 2. The highest BCUT2D eigenvalue weighted by molar-refractivity contribution is 6.14. The number of nitrogens with one attached hydrogen (secondary N) is 1. The van der Waals surface area contributed by atoms with Crippen LogP contribution in [0.2, 0.25) is 0 Å². The molecular weight excluding hydrogens is 368 g/mol. The number of hydrogen-bond donors (Lipinski definition) is 1. The Balaban J connectivity index is 1.10. The summed E-state index contributed by atoms with van der Waals surface area (Å²) >= 11 is 0. The molecule has 1 aromatic heterocycles. The second-order valence-corrected chi connectivity index (χ2v) is 7.73. The number of nitrogens with zero attached hydrogens (tertiary/aromatic N) is 3. The molecule has 0 aliphatic carbocycles. The van der Waals surface area contributed by atoms with E-state index in [0.717, 1.165) is 50.9 Å². The molecule has 2 amide bonds. The van der Waals surface area contributed by atoms with Gasteiger partial charge in [-0.2, -0.15) is 0 Å². The van der Waals surface area contributed by atoms with Crippen molar-refractivity contribution >= 4 is 23.7 Å². The molecule has 1 aromatic rings. The highest BCUT2D eigenvalue weighted by atomic mass is 16.3. The van der Waals surface area contributed by atoms with Gasteiger partial charge in [0, 0.05) is 32.0 Å². The molecule has 0 radical (unpaired) electrons. The Morgan fingerprint density at radius 1 is 1.24 bits per heavy atom. The number of amides is 2. The first-order valence-corrected chi connectivity index (χ1v) is 10.3. The molecule has 0 spiro atoms.